The second kappa shape index (κ2) is 4.95. The number of nitrogens with two attached hydrogens (primary N) is 1. The second-order valence-corrected chi connectivity index (χ2v) is 4.02. The Morgan fingerprint density at radius 1 is 1.50 bits per heavy atom. The van der Waals surface area contributed by atoms with Crippen molar-refractivity contribution < 1.29 is 14.7 Å². The van der Waals surface area contributed by atoms with Gasteiger partial charge in [0.1, 0.15) is 0 Å². The molecule has 4 N–H and O–H groups in total. The fraction of sp³-hybridized carbons (Fsp3) is 0.778. The SMILES string of the molecule is CC(N)C(=O)NCCC(C)(C)C(=O)O. The van der Waals surface area contributed by atoms with E-state index in [-0.39, 0.29) is 5.91 Å². The van der Waals surface area contributed by atoms with Crippen LogP contribution in [-0.2, 0) is 9.59 Å². The van der Waals surface area contributed by atoms with E-state index in [1.54, 1.807) is 20.8 Å². The molecule has 0 aromatic heterocycles. The molecular formula is C9H18N2O3. The van der Waals surface area contributed by atoms with E-state index in [1.165, 1.54) is 0 Å². The van der Waals surface area contributed by atoms with Gasteiger partial charge in [0.25, 0.3) is 0 Å². The van der Waals surface area contributed by atoms with Gasteiger partial charge in [-0.25, -0.2) is 0 Å². The van der Waals surface area contributed by atoms with Gasteiger partial charge < -0.3 is 16.2 Å². The summed E-state index contributed by atoms with van der Waals surface area (Å²) in [6.07, 6.45) is 0.390. The zero-order valence-corrected chi connectivity index (χ0v) is 8.83. The number of carboxylic acid groups (broad SMARTS) is 1. The van der Waals surface area contributed by atoms with Crippen molar-refractivity contribution in [3.05, 3.63) is 0 Å². The van der Waals surface area contributed by atoms with E-state index in [2.05, 4.69) is 5.32 Å². The molecule has 0 aromatic rings. The number of amides is 1. The number of aliphatic carboxylic acids is 1. The monoisotopic (exact) mass is 202 g/mol. The molecule has 0 bridgehead atoms. The fourth-order valence-corrected chi connectivity index (χ4v) is 0.766. The van der Waals surface area contributed by atoms with Crippen LogP contribution in [-0.4, -0.2) is 29.6 Å². The van der Waals surface area contributed by atoms with E-state index in [1.807, 2.05) is 0 Å². The van der Waals surface area contributed by atoms with Crippen LogP contribution >= 0.6 is 0 Å². The smallest absolute Gasteiger partial charge is 0.309 e. The summed E-state index contributed by atoms with van der Waals surface area (Å²) in [6, 6.07) is -0.553. The van der Waals surface area contributed by atoms with Crippen LogP contribution in [0.1, 0.15) is 27.2 Å². The molecule has 1 atom stereocenters. The second-order valence-electron chi connectivity index (χ2n) is 4.02. The molecule has 0 radical (unpaired) electrons. The summed E-state index contributed by atoms with van der Waals surface area (Å²) < 4.78 is 0. The third kappa shape index (κ3) is 4.23. The number of hydrogen-bond acceptors (Lipinski definition) is 3. The van der Waals surface area contributed by atoms with Crippen molar-refractivity contribution in [3.63, 3.8) is 0 Å². The minimum absolute atomic E-state index is 0.258. The zero-order chi connectivity index (χ0) is 11.4. The van der Waals surface area contributed by atoms with Crippen LogP contribution in [0.2, 0.25) is 0 Å². The van der Waals surface area contributed by atoms with Crippen LogP contribution < -0.4 is 11.1 Å². The van der Waals surface area contributed by atoms with E-state index in [9.17, 15) is 9.59 Å². The number of rotatable bonds is 5. The molecule has 0 aliphatic rings. The molecule has 1 amide bonds. The third-order valence-corrected chi connectivity index (χ3v) is 2.04. The van der Waals surface area contributed by atoms with Crippen molar-refractivity contribution in [2.24, 2.45) is 11.1 Å². The maximum atomic E-state index is 11.0. The average molecular weight is 202 g/mol. The highest BCUT2D eigenvalue weighted by Crippen LogP contribution is 2.19. The van der Waals surface area contributed by atoms with Crippen molar-refractivity contribution in [3.8, 4) is 0 Å². The van der Waals surface area contributed by atoms with Gasteiger partial charge in [0, 0.05) is 6.54 Å². The molecule has 5 nitrogen and oxygen atoms in total. The Kier molecular flexibility index (Phi) is 4.56. The van der Waals surface area contributed by atoms with Crippen LogP contribution in [0.4, 0.5) is 0 Å². The first-order valence-corrected chi connectivity index (χ1v) is 4.54. The van der Waals surface area contributed by atoms with Crippen LogP contribution in [0.15, 0.2) is 0 Å². The van der Waals surface area contributed by atoms with Gasteiger partial charge >= 0.3 is 5.97 Å². The van der Waals surface area contributed by atoms with Gasteiger partial charge in [-0.2, -0.15) is 0 Å². The van der Waals surface area contributed by atoms with E-state index in [4.69, 9.17) is 10.8 Å². The fourth-order valence-electron chi connectivity index (χ4n) is 0.766. The van der Waals surface area contributed by atoms with Crippen LogP contribution in [0.5, 0.6) is 0 Å². The molecule has 0 fully saturated rings. The maximum Gasteiger partial charge on any atom is 0.309 e. The Bertz CT molecular complexity index is 224. The predicted molar refractivity (Wildman–Crippen MR) is 52.7 cm³/mol. The van der Waals surface area contributed by atoms with Gasteiger partial charge in [-0.3, -0.25) is 9.59 Å². The summed E-state index contributed by atoms with van der Waals surface area (Å²) in [5.41, 5.74) is 4.50. The number of hydrogen-bond donors (Lipinski definition) is 3. The molecule has 0 spiro atoms. The summed E-state index contributed by atoms with van der Waals surface area (Å²) in [5, 5.41) is 11.3. The Morgan fingerprint density at radius 2 is 2.00 bits per heavy atom. The molecule has 0 heterocycles. The summed E-state index contributed by atoms with van der Waals surface area (Å²) in [5.74, 6) is -1.13. The molecule has 0 saturated carbocycles. The predicted octanol–water partition coefficient (Wildman–Crippen LogP) is -0.0493. The zero-order valence-electron chi connectivity index (χ0n) is 8.83. The van der Waals surface area contributed by atoms with Gasteiger partial charge in [0.15, 0.2) is 0 Å². The van der Waals surface area contributed by atoms with Gasteiger partial charge in [0.2, 0.25) is 5.91 Å². The van der Waals surface area contributed by atoms with E-state index in [0.717, 1.165) is 0 Å². The lowest BCUT2D eigenvalue weighted by molar-refractivity contribution is -0.147. The van der Waals surface area contributed by atoms with Crippen molar-refractivity contribution in [1.29, 1.82) is 0 Å². The average Bonchev–Trinajstić information content (AvgIpc) is 2.03. The van der Waals surface area contributed by atoms with E-state index >= 15 is 0 Å². The van der Waals surface area contributed by atoms with E-state index < -0.39 is 17.4 Å². The lowest BCUT2D eigenvalue weighted by atomic mass is 9.90. The summed E-state index contributed by atoms with van der Waals surface area (Å²) in [6.45, 7) is 5.15. The third-order valence-electron chi connectivity index (χ3n) is 2.04. The number of carbonyl (C=O) groups excluding carboxylic acids is 1. The van der Waals surface area contributed by atoms with Crippen molar-refractivity contribution in [2.45, 2.75) is 33.2 Å². The minimum atomic E-state index is -0.868. The van der Waals surface area contributed by atoms with Crippen LogP contribution in [0.25, 0.3) is 0 Å². The molecule has 14 heavy (non-hydrogen) atoms. The standard InChI is InChI=1S/C9H18N2O3/c1-6(10)7(12)11-5-4-9(2,3)8(13)14/h6H,4-5,10H2,1-3H3,(H,11,12)(H,13,14). The normalized spacial score (nSPS) is 13.4. The van der Waals surface area contributed by atoms with Gasteiger partial charge in [-0.15, -0.1) is 0 Å². The summed E-state index contributed by atoms with van der Waals surface area (Å²) in [4.78, 5) is 21.7. The van der Waals surface area contributed by atoms with Gasteiger partial charge in [0.05, 0.1) is 11.5 Å². The number of carboxylic acids is 1. The molecule has 5 heteroatoms. The molecule has 82 valence electrons. The molecular weight excluding hydrogens is 184 g/mol. The van der Waals surface area contributed by atoms with Crippen LogP contribution in [0.3, 0.4) is 0 Å². The Morgan fingerprint density at radius 3 is 2.36 bits per heavy atom. The van der Waals surface area contributed by atoms with Gasteiger partial charge in [-0.05, 0) is 27.2 Å². The van der Waals surface area contributed by atoms with Crippen molar-refractivity contribution >= 4 is 11.9 Å². The Balaban J connectivity index is 3.85. The topological polar surface area (TPSA) is 92.4 Å². The summed E-state index contributed by atoms with van der Waals surface area (Å²) >= 11 is 0. The largest absolute Gasteiger partial charge is 0.481 e. The molecule has 0 rings (SSSR count). The lowest BCUT2D eigenvalue weighted by Gasteiger charge is -2.19. The first-order chi connectivity index (χ1) is 6.27. The van der Waals surface area contributed by atoms with Crippen molar-refractivity contribution in [2.75, 3.05) is 6.54 Å². The summed E-state index contributed by atoms with van der Waals surface area (Å²) in [7, 11) is 0. The lowest BCUT2D eigenvalue weighted by Crippen LogP contribution is -2.40. The number of nitrogens with one attached hydrogen (secondary N) is 1. The molecule has 1 unspecified atom stereocenters. The highest BCUT2D eigenvalue weighted by Gasteiger charge is 2.26. The molecule has 0 saturated heterocycles. The highest BCUT2D eigenvalue weighted by atomic mass is 16.4. The van der Waals surface area contributed by atoms with E-state index in [0.29, 0.717) is 13.0 Å². The first-order valence-electron chi connectivity index (χ1n) is 4.54. The molecule has 0 aromatic carbocycles. The quantitative estimate of drug-likeness (QED) is 0.582. The Hall–Kier alpha value is -1.10. The number of carbonyl (C=O) groups is 2. The molecule has 0 aliphatic carbocycles. The van der Waals surface area contributed by atoms with Crippen LogP contribution in [0, 0.1) is 5.41 Å². The highest BCUT2D eigenvalue weighted by molar-refractivity contribution is 5.81. The Labute approximate surface area is 83.7 Å². The van der Waals surface area contributed by atoms with Gasteiger partial charge in [-0.1, -0.05) is 0 Å². The maximum absolute atomic E-state index is 11.0. The first kappa shape index (κ1) is 12.9. The minimum Gasteiger partial charge on any atom is -0.481 e. The molecule has 0 aliphatic heterocycles. The van der Waals surface area contributed by atoms with Crippen molar-refractivity contribution in [1.82, 2.24) is 5.32 Å².